The van der Waals surface area contributed by atoms with E-state index in [1.165, 1.54) is 0 Å². The second-order valence-electron chi connectivity index (χ2n) is 5.86. The molecular weight excluding hydrogens is 314 g/mol. The fourth-order valence-corrected chi connectivity index (χ4v) is 3.23. The van der Waals surface area contributed by atoms with Crippen molar-refractivity contribution in [2.45, 2.75) is 37.6 Å². The quantitative estimate of drug-likeness (QED) is 0.895. The van der Waals surface area contributed by atoms with Crippen molar-refractivity contribution in [3.63, 3.8) is 0 Å². The van der Waals surface area contributed by atoms with E-state index in [2.05, 4.69) is 11.4 Å². The maximum absolute atomic E-state index is 12.4. The Morgan fingerprint density at radius 1 is 1.43 bits per heavy atom. The van der Waals surface area contributed by atoms with Crippen LogP contribution < -0.4 is 10.1 Å². The monoisotopic (exact) mass is 335 g/mol. The first-order valence-electron chi connectivity index (χ1n) is 7.78. The zero-order chi connectivity index (χ0) is 16.9. The minimum absolute atomic E-state index is 0.0969. The van der Waals surface area contributed by atoms with Crippen molar-refractivity contribution in [2.24, 2.45) is 0 Å². The molecule has 0 radical (unpaired) electrons. The number of ether oxygens (including phenoxy) is 1. The van der Waals surface area contributed by atoms with Crippen molar-refractivity contribution >= 4 is 23.2 Å². The molecule has 1 aromatic carbocycles. The number of hydrogen-bond donors (Lipinski definition) is 1. The van der Waals surface area contributed by atoms with Gasteiger partial charge in [0.25, 0.3) is 0 Å². The van der Waals surface area contributed by atoms with Crippen LogP contribution in [0.3, 0.4) is 0 Å². The summed E-state index contributed by atoms with van der Waals surface area (Å²) in [6, 6.07) is 7.63. The van der Waals surface area contributed by atoms with Crippen LogP contribution >= 0.6 is 11.6 Å². The van der Waals surface area contributed by atoms with Gasteiger partial charge in [0.1, 0.15) is 11.3 Å². The Hall–Kier alpha value is -1.93. The van der Waals surface area contributed by atoms with Gasteiger partial charge in [-0.05, 0) is 31.0 Å². The molecule has 1 N–H and O–H groups in total. The number of nitrogens with zero attached hydrogens (tertiary/aromatic N) is 2. The first kappa shape index (κ1) is 17.4. The third-order valence-corrected chi connectivity index (χ3v) is 4.80. The van der Waals surface area contributed by atoms with Gasteiger partial charge in [0.05, 0.1) is 24.7 Å². The Morgan fingerprint density at radius 3 is 2.70 bits per heavy atom. The molecule has 0 saturated heterocycles. The predicted molar refractivity (Wildman–Crippen MR) is 90.7 cm³/mol. The lowest BCUT2D eigenvalue weighted by Crippen LogP contribution is -2.51. The van der Waals surface area contributed by atoms with Crippen LogP contribution in [0.4, 0.5) is 5.69 Å². The van der Waals surface area contributed by atoms with Crippen LogP contribution in [0.5, 0.6) is 5.75 Å². The molecule has 23 heavy (non-hydrogen) atoms. The number of amides is 1. The topological polar surface area (TPSA) is 65.4 Å². The molecule has 0 aliphatic heterocycles. The van der Waals surface area contributed by atoms with Gasteiger partial charge in [-0.15, -0.1) is 0 Å². The van der Waals surface area contributed by atoms with Gasteiger partial charge in [-0.25, -0.2) is 0 Å². The lowest BCUT2D eigenvalue weighted by atomic mass is 9.81. The highest BCUT2D eigenvalue weighted by Gasteiger charge is 2.38. The molecule has 0 aromatic heterocycles. The van der Waals surface area contributed by atoms with E-state index in [4.69, 9.17) is 16.3 Å². The molecule has 1 aliphatic rings. The van der Waals surface area contributed by atoms with E-state index < -0.39 is 5.54 Å². The summed E-state index contributed by atoms with van der Waals surface area (Å²) >= 11 is 6.07. The van der Waals surface area contributed by atoms with Crippen molar-refractivity contribution in [3.05, 3.63) is 23.2 Å². The van der Waals surface area contributed by atoms with E-state index in [1.54, 1.807) is 37.3 Å². The van der Waals surface area contributed by atoms with Gasteiger partial charge in [0.15, 0.2) is 0 Å². The van der Waals surface area contributed by atoms with Gasteiger partial charge in [0.2, 0.25) is 5.91 Å². The Labute approximate surface area is 142 Å². The summed E-state index contributed by atoms with van der Waals surface area (Å²) in [5.41, 5.74) is 0.0846. The Kier molecular flexibility index (Phi) is 5.73. The minimum Gasteiger partial charge on any atom is -0.495 e. The van der Waals surface area contributed by atoms with E-state index in [1.807, 2.05) is 0 Å². The average Bonchev–Trinajstić information content (AvgIpc) is 2.59. The van der Waals surface area contributed by atoms with Gasteiger partial charge >= 0.3 is 0 Å². The first-order valence-corrected chi connectivity index (χ1v) is 8.15. The molecule has 1 fully saturated rings. The minimum atomic E-state index is -0.658. The van der Waals surface area contributed by atoms with Crippen LogP contribution in [-0.4, -0.2) is 37.0 Å². The number of carbonyl (C=O) groups is 1. The highest BCUT2D eigenvalue weighted by molar-refractivity contribution is 6.32. The number of carbonyl (C=O) groups excluding carboxylic acids is 1. The Morgan fingerprint density at radius 2 is 2.13 bits per heavy atom. The molecule has 0 unspecified atom stereocenters. The summed E-state index contributed by atoms with van der Waals surface area (Å²) in [5, 5.41) is 13.1. The van der Waals surface area contributed by atoms with Crippen molar-refractivity contribution in [1.29, 1.82) is 5.26 Å². The molecule has 0 bridgehead atoms. The van der Waals surface area contributed by atoms with Crippen LogP contribution in [-0.2, 0) is 4.79 Å². The molecule has 5 nitrogen and oxygen atoms in total. The molecule has 1 aliphatic carbocycles. The maximum Gasteiger partial charge on any atom is 0.242 e. The smallest absolute Gasteiger partial charge is 0.242 e. The second kappa shape index (κ2) is 7.56. The van der Waals surface area contributed by atoms with Crippen LogP contribution in [0.15, 0.2) is 18.2 Å². The molecular formula is C17H22ClN3O2. The normalized spacial score (nSPS) is 16.3. The molecule has 1 amide bonds. The highest BCUT2D eigenvalue weighted by Crippen LogP contribution is 2.32. The zero-order valence-corrected chi connectivity index (χ0v) is 14.3. The number of anilines is 1. The van der Waals surface area contributed by atoms with Gasteiger partial charge in [-0.2, -0.15) is 5.26 Å². The number of nitrogens with one attached hydrogen (secondary N) is 1. The molecule has 6 heteroatoms. The number of nitriles is 1. The van der Waals surface area contributed by atoms with Crippen molar-refractivity contribution in [1.82, 2.24) is 4.90 Å². The SMILES string of the molecule is COc1ccc(NCC(=O)N(C)C2(C#N)CCCCC2)cc1Cl. The molecule has 0 spiro atoms. The fourth-order valence-electron chi connectivity index (χ4n) is 2.97. The lowest BCUT2D eigenvalue weighted by molar-refractivity contribution is -0.132. The largest absolute Gasteiger partial charge is 0.495 e. The number of methoxy groups -OCH3 is 1. The van der Waals surface area contributed by atoms with Gasteiger partial charge in [-0.1, -0.05) is 30.9 Å². The standard InChI is InChI=1S/C17H22ClN3O2/c1-21(17(12-19)8-4-3-5-9-17)16(22)11-20-13-6-7-15(23-2)14(18)10-13/h6-7,10,20H,3-5,8-9,11H2,1-2H3. The molecule has 1 saturated carbocycles. The van der Waals surface area contributed by atoms with Crippen LogP contribution in [0, 0.1) is 11.3 Å². The summed E-state index contributed by atoms with van der Waals surface area (Å²) in [6.07, 6.45) is 4.62. The summed E-state index contributed by atoms with van der Waals surface area (Å²) in [5.74, 6) is 0.492. The molecule has 2 rings (SSSR count). The summed E-state index contributed by atoms with van der Waals surface area (Å²) in [4.78, 5) is 14.0. The lowest BCUT2D eigenvalue weighted by Gasteiger charge is -2.39. The Balaban J connectivity index is 1.98. The maximum atomic E-state index is 12.4. The van der Waals surface area contributed by atoms with Gasteiger partial charge in [0, 0.05) is 12.7 Å². The van der Waals surface area contributed by atoms with Crippen LogP contribution in [0.25, 0.3) is 0 Å². The number of rotatable bonds is 5. The third-order valence-electron chi connectivity index (χ3n) is 4.50. The summed E-state index contributed by atoms with van der Waals surface area (Å²) in [6.45, 7) is 0.128. The van der Waals surface area contributed by atoms with Crippen molar-refractivity contribution in [2.75, 3.05) is 26.0 Å². The molecule has 0 heterocycles. The average molecular weight is 336 g/mol. The van der Waals surface area contributed by atoms with Gasteiger partial charge in [-0.3, -0.25) is 4.79 Å². The number of hydrogen-bond acceptors (Lipinski definition) is 4. The second-order valence-corrected chi connectivity index (χ2v) is 6.27. The van der Waals surface area contributed by atoms with E-state index >= 15 is 0 Å². The highest BCUT2D eigenvalue weighted by atomic mass is 35.5. The predicted octanol–water partition coefficient (Wildman–Crippen LogP) is 3.45. The molecule has 0 atom stereocenters. The fraction of sp³-hybridized carbons (Fsp3) is 0.529. The van der Waals surface area contributed by atoms with Crippen molar-refractivity contribution in [3.8, 4) is 11.8 Å². The van der Waals surface area contributed by atoms with Gasteiger partial charge < -0.3 is 15.0 Å². The number of benzene rings is 1. The van der Waals surface area contributed by atoms with Crippen LogP contribution in [0.2, 0.25) is 5.02 Å². The van der Waals surface area contributed by atoms with E-state index in [9.17, 15) is 10.1 Å². The third kappa shape index (κ3) is 3.89. The summed E-state index contributed by atoms with van der Waals surface area (Å²) < 4.78 is 5.10. The first-order chi connectivity index (χ1) is 11.0. The zero-order valence-electron chi connectivity index (χ0n) is 13.6. The number of halogens is 1. The van der Waals surface area contributed by atoms with E-state index in [0.717, 1.165) is 37.8 Å². The Bertz CT molecular complexity index is 606. The van der Waals surface area contributed by atoms with Crippen molar-refractivity contribution < 1.29 is 9.53 Å². The number of likely N-dealkylation sites (N-methyl/N-ethyl adjacent to an activating group) is 1. The molecule has 124 valence electrons. The van der Waals surface area contributed by atoms with Crippen LogP contribution in [0.1, 0.15) is 32.1 Å². The van der Waals surface area contributed by atoms with E-state index in [-0.39, 0.29) is 12.5 Å². The van der Waals surface area contributed by atoms with E-state index in [0.29, 0.717) is 10.8 Å². The summed E-state index contributed by atoms with van der Waals surface area (Å²) in [7, 11) is 3.28. The molecule has 1 aromatic rings.